The Morgan fingerprint density at radius 1 is 1.07 bits per heavy atom. The van der Waals surface area contributed by atoms with Crippen LogP contribution in [0.3, 0.4) is 0 Å². The van der Waals surface area contributed by atoms with Gasteiger partial charge in [-0.1, -0.05) is 28.7 Å². The smallest absolute Gasteiger partial charge is 0.325 e. The molecule has 1 fully saturated rings. The molecule has 0 spiro atoms. The Labute approximate surface area is 179 Å². The number of aromatic nitrogens is 4. The predicted molar refractivity (Wildman–Crippen MR) is 118 cm³/mol. The van der Waals surface area contributed by atoms with Crippen molar-refractivity contribution in [1.29, 1.82) is 0 Å². The van der Waals surface area contributed by atoms with E-state index in [0.29, 0.717) is 15.8 Å². The summed E-state index contributed by atoms with van der Waals surface area (Å²) in [6.45, 7) is 3.12. The summed E-state index contributed by atoms with van der Waals surface area (Å²) in [4.78, 5) is 23.5. The Bertz CT molecular complexity index is 1170. The van der Waals surface area contributed by atoms with Crippen molar-refractivity contribution in [2.24, 2.45) is 0 Å². The van der Waals surface area contributed by atoms with Gasteiger partial charge in [0.25, 0.3) is 0 Å². The van der Waals surface area contributed by atoms with Gasteiger partial charge in [0.2, 0.25) is 5.13 Å². The zero-order valence-electron chi connectivity index (χ0n) is 15.7. The number of pyridine rings is 1. The standard InChI is InChI=1S/C19H17N7O2S2/c27-17(23-18-25-24-16(30-18)14-3-1-2-6-20-14)21-12-4-5-13-15(11-12)29-19(22-13)26-7-9-28-10-8-26/h1-6,11H,7-10H2,(H2,21,23,25,27). The number of benzene rings is 1. The molecule has 5 rings (SSSR count). The zero-order valence-corrected chi connectivity index (χ0v) is 17.4. The second kappa shape index (κ2) is 8.30. The molecule has 0 aliphatic carbocycles. The molecule has 1 aromatic carbocycles. The minimum absolute atomic E-state index is 0.379. The van der Waals surface area contributed by atoms with Crippen LogP contribution in [0, 0.1) is 0 Å². The number of morpholine rings is 1. The topological polar surface area (TPSA) is 105 Å². The van der Waals surface area contributed by atoms with Gasteiger partial charge in [-0.15, -0.1) is 10.2 Å². The van der Waals surface area contributed by atoms with E-state index < -0.39 is 0 Å². The highest BCUT2D eigenvalue weighted by molar-refractivity contribution is 7.22. The average molecular weight is 440 g/mol. The molecular weight excluding hydrogens is 422 g/mol. The molecule has 0 radical (unpaired) electrons. The second-order valence-electron chi connectivity index (χ2n) is 6.48. The Kier molecular flexibility index (Phi) is 5.22. The van der Waals surface area contributed by atoms with Crippen molar-refractivity contribution in [3.05, 3.63) is 42.6 Å². The molecule has 152 valence electrons. The lowest BCUT2D eigenvalue weighted by atomic mass is 10.3. The molecule has 4 aromatic rings. The minimum atomic E-state index is -0.379. The highest BCUT2D eigenvalue weighted by Gasteiger charge is 2.16. The average Bonchev–Trinajstić information content (AvgIpc) is 3.42. The van der Waals surface area contributed by atoms with Gasteiger partial charge >= 0.3 is 6.03 Å². The number of urea groups is 1. The van der Waals surface area contributed by atoms with Crippen LogP contribution >= 0.6 is 22.7 Å². The Morgan fingerprint density at radius 3 is 2.80 bits per heavy atom. The third kappa shape index (κ3) is 4.08. The first-order valence-electron chi connectivity index (χ1n) is 9.31. The number of carbonyl (C=O) groups is 1. The SMILES string of the molecule is O=C(Nc1ccc2nc(N3CCOCC3)sc2c1)Nc1nnc(-c2ccccn2)s1. The number of anilines is 3. The maximum Gasteiger partial charge on any atom is 0.325 e. The molecule has 1 aliphatic rings. The molecule has 0 saturated carbocycles. The summed E-state index contributed by atoms with van der Waals surface area (Å²) in [6.07, 6.45) is 1.69. The normalized spacial score (nSPS) is 14.1. The van der Waals surface area contributed by atoms with Gasteiger partial charge < -0.3 is 15.0 Å². The third-order valence-corrected chi connectivity index (χ3v) is 6.39. The molecule has 1 aliphatic heterocycles. The number of nitrogens with zero attached hydrogens (tertiary/aromatic N) is 5. The number of carbonyl (C=O) groups excluding carboxylic acids is 1. The number of hydrogen-bond acceptors (Lipinski definition) is 9. The third-order valence-electron chi connectivity index (χ3n) is 4.45. The Hall–Kier alpha value is -3.15. The van der Waals surface area contributed by atoms with Crippen LogP contribution in [0.15, 0.2) is 42.6 Å². The molecule has 3 aromatic heterocycles. The summed E-state index contributed by atoms with van der Waals surface area (Å²) >= 11 is 2.88. The number of nitrogens with one attached hydrogen (secondary N) is 2. The van der Waals surface area contributed by atoms with Crippen LogP contribution < -0.4 is 15.5 Å². The first kappa shape index (κ1) is 18.9. The number of fused-ring (bicyclic) bond motifs is 1. The molecular formula is C19H17N7O2S2. The van der Waals surface area contributed by atoms with Crippen LogP contribution in [-0.2, 0) is 4.74 Å². The van der Waals surface area contributed by atoms with Gasteiger partial charge in [-0.05, 0) is 30.3 Å². The van der Waals surface area contributed by atoms with Crippen molar-refractivity contribution in [1.82, 2.24) is 20.2 Å². The van der Waals surface area contributed by atoms with Crippen molar-refractivity contribution < 1.29 is 9.53 Å². The lowest BCUT2D eigenvalue weighted by Gasteiger charge is -2.25. The van der Waals surface area contributed by atoms with Crippen molar-refractivity contribution in [2.75, 3.05) is 41.8 Å². The molecule has 0 atom stereocenters. The van der Waals surface area contributed by atoms with Crippen LogP contribution in [-0.4, -0.2) is 52.5 Å². The van der Waals surface area contributed by atoms with Gasteiger partial charge in [0.1, 0.15) is 5.69 Å². The second-order valence-corrected chi connectivity index (χ2v) is 8.47. The summed E-state index contributed by atoms with van der Waals surface area (Å²) in [6, 6.07) is 10.9. The lowest BCUT2D eigenvalue weighted by molar-refractivity contribution is 0.122. The van der Waals surface area contributed by atoms with Gasteiger partial charge in [0.05, 0.1) is 23.4 Å². The van der Waals surface area contributed by atoms with Crippen molar-refractivity contribution >= 4 is 54.9 Å². The highest BCUT2D eigenvalue weighted by atomic mass is 32.1. The van der Waals surface area contributed by atoms with Gasteiger partial charge in [-0.3, -0.25) is 10.3 Å². The van der Waals surface area contributed by atoms with E-state index in [1.165, 1.54) is 11.3 Å². The van der Waals surface area contributed by atoms with E-state index in [-0.39, 0.29) is 6.03 Å². The first-order valence-corrected chi connectivity index (χ1v) is 10.9. The number of ether oxygens (including phenoxy) is 1. The first-order chi connectivity index (χ1) is 14.7. The summed E-state index contributed by atoms with van der Waals surface area (Å²) in [7, 11) is 0. The van der Waals surface area contributed by atoms with E-state index in [1.54, 1.807) is 17.5 Å². The summed E-state index contributed by atoms with van der Waals surface area (Å²) in [5.41, 5.74) is 2.32. The Balaban J connectivity index is 1.26. The number of rotatable bonds is 4. The lowest BCUT2D eigenvalue weighted by Crippen LogP contribution is -2.36. The molecule has 0 bridgehead atoms. The van der Waals surface area contributed by atoms with E-state index >= 15 is 0 Å². The van der Waals surface area contributed by atoms with Crippen LogP contribution in [0.1, 0.15) is 0 Å². The fourth-order valence-corrected chi connectivity index (χ4v) is 4.78. The van der Waals surface area contributed by atoms with E-state index in [0.717, 1.165) is 47.3 Å². The van der Waals surface area contributed by atoms with Gasteiger partial charge in [-0.2, -0.15) is 0 Å². The number of hydrogen-bond donors (Lipinski definition) is 2. The van der Waals surface area contributed by atoms with Crippen LogP contribution in [0.25, 0.3) is 20.9 Å². The Morgan fingerprint density at radius 2 is 1.97 bits per heavy atom. The molecule has 2 amide bonds. The monoisotopic (exact) mass is 439 g/mol. The fraction of sp³-hybridized carbons (Fsp3) is 0.211. The van der Waals surface area contributed by atoms with Crippen molar-refractivity contribution in [3.63, 3.8) is 0 Å². The highest BCUT2D eigenvalue weighted by Crippen LogP contribution is 2.31. The van der Waals surface area contributed by atoms with Crippen LogP contribution in [0.5, 0.6) is 0 Å². The van der Waals surface area contributed by atoms with E-state index in [2.05, 4.69) is 30.7 Å². The van der Waals surface area contributed by atoms with Gasteiger partial charge in [-0.25, -0.2) is 9.78 Å². The molecule has 2 N–H and O–H groups in total. The number of amides is 2. The quantitative estimate of drug-likeness (QED) is 0.500. The maximum atomic E-state index is 12.4. The summed E-state index contributed by atoms with van der Waals surface area (Å²) < 4.78 is 6.42. The summed E-state index contributed by atoms with van der Waals surface area (Å²) in [5, 5.41) is 15.7. The maximum absolute atomic E-state index is 12.4. The van der Waals surface area contributed by atoms with Crippen molar-refractivity contribution in [2.45, 2.75) is 0 Å². The molecule has 9 nitrogen and oxygen atoms in total. The van der Waals surface area contributed by atoms with Gasteiger partial charge in [0.15, 0.2) is 10.1 Å². The number of thiazole rings is 1. The predicted octanol–water partition coefficient (Wildman–Crippen LogP) is 3.69. The molecule has 4 heterocycles. The zero-order chi connectivity index (χ0) is 20.3. The van der Waals surface area contributed by atoms with Crippen molar-refractivity contribution in [3.8, 4) is 10.7 Å². The molecule has 11 heteroatoms. The van der Waals surface area contributed by atoms with Crippen LogP contribution in [0.2, 0.25) is 0 Å². The van der Waals surface area contributed by atoms with Crippen LogP contribution in [0.4, 0.5) is 20.7 Å². The molecule has 30 heavy (non-hydrogen) atoms. The van der Waals surface area contributed by atoms with Gasteiger partial charge in [0, 0.05) is 25.0 Å². The minimum Gasteiger partial charge on any atom is -0.378 e. The summed E-state index contributed by atoms with van der Waals surface area (Å²) in [5.74, 6) is 0. The molecule has 0 unspecified atom stereocenters. The van der Waals surface area contributed by atoms with E-state index in [1.807, 2.05) is 36.4 Å². The fourth-order valence-electron chi connectivity index (χ4n) is 3.01. The van der Waals surface area contributed by atoms with E-state index in [9.17, 15) is 4.79 Å². The van der Waals surface area contributed by atoms with E-state index in [4.69, 9.17) is 9.72 Å². The largest absolute Gasteiger partial charge is 0.378 e. The molecule has 1 saturated heterocycles.